The number of benzene rings is 1. The van der Waals surface area contributed by atoms with Crippen LogP contribution in [0.2, 0.25) is 0 Å². The second-order valence-corrected chi connectivity index (χ2v) is 6.48. The highest BCUT2D eigenvalue weighted by molar-refractivity contribution is 7.08. The lowest BCUT2D eigenvalue weighted by Gasteiger charge is -2.35. The minimum absolute atomic E-state index is 0.187. The van der Waals surface area contributed by atoms with Gasteiger partial charge >= 0.3 is 0 Å². The number of methoxy groups -OCH3 is 3. The zero-order valence-electron chi connectivity index (χ0n) is 14.4. The van der Waals surface area contributed by atoms with Gasteiger partial charge < -0.3 is 19.5 Å². The maximum absolute atomic E-state index is 5.54. The zero-order valence-corrected chi connectivity index (χ0v) is 15.2. The Balaban J connectivity index is 2.07. The van der Waals surface area contributed by atoms with Crippen LogP contribution in [0, 0.1) is 0 Å². The average Bonchev–Trinajstić information content (AvgIpc) is 3.16. The Morgan fingerprint density at radius 1 is 1.00 bits per heavy atom. The van der Waals surface area contributed by atoms with E-state index in [2.05, 4.69) is 39.2 Å². The molecule has 1 N–H and O–H groups in total. The maximum atomic E-state index is 5.54. The standard InChI is InChI=1S/C18H24N2O3S/c1-21-15-10-14(11-16(22-2)18(15)23-3)17(13-4-9-24-12-13)20-7-5-19-6-8-20/h4,9-12,17,19H,5-8H2,1-3H3. The Bertz CT molecular complexity index is 629. The van der Waals surface area contributed by atoms with Crippen molar-refractivity contribution in [3.05, 3.63) is 40.1 Å². The number of nitrogens with zero attached hydrogens (tertiary/aromatic N) is 1. The van der Waals surface area contributed by atoms with E-state index in [0.717, 1.165) is 31.7 Å². The van der Waals surface area contributed by atoms with Crippen molar-refractivity contribution in [1.29, 1.82) is 0 Å². The predicted octanol–water partition coefficient (Wildman–Crippen LogP) is 2.77. The highest BCUT2D eigenvalue weighted by Crippen LogP contribution is 2.42. The maximum Gasteiger partial charge on any atom is 0.203 e. The van der Waals surface area contributed by atoms with Gasteiger partial charge in [-0.15, -0.1) is 0 Å². The smallest absolute Gasteiger partial charge is 0.203 e. The lowest BCUT2D eigenvalue weighted by Crippen LogP contribution is -2.45. The molecule has 1 saturated heterocycles. The molecule has 1 aromatic heterocycles. The van der Waals surface area contributed by atoms with E-state index in [9.17, 15) is 0 Å². The third-order valence-corrected chi connectivity index (χ3v) is 5.08. The number of thiophene rings is 1. The molecule has 0 aliphatic carbocycles. The average molecular weight is 348 g/mol. The number of hydrogen-bond donors (Lipinski definition) is 1. The van der Waals surface area contributed by atoms with E-state index in [-0.39, 0.29) is 6.04 Å². The van der Waals surface area contributed by atoms with Gasteiger partial charge in [-0.3, -0.25) is 4.90 Å². The quantitative estimate of drug-likeness (QED) is 0.869. The van der Waals surface area contributed by atoms with Crippen molar-refractivity contribution in [2.24, 2.45) is 0 Å². The monoisotopic (exact) mass is 348 g/mol. The fraction of sp³-hybridized carbons (Fsp3) is 0.444. The van der Waals surface area contributed by atoms with Crippen molar-refractivity contribution in [3.8, 4) is 17.2 Å². The lowest BCUT2D eigenvalue weighted by molar-refractivity contribution is 0.198. The molecule has 0 spiro atoms. The highest BCUT2D eigenvalue weighted by Gasteiger charge is 2.26. The van der Waals surface area contributed by atoms with Gasteiger partial charge in [0.05, 0.1) is 27.4 Å². The largest absolute Gasteiger partial charge is 0.493 e. The number of hydrogen-bond acceptors (Lipinski definition) is 6. The second kappa shape index (κ2) is 7.88. The molecule has 24 heavy (non-hydrogen) atoms. The fourth-order valence-corrected chi connectivity index (χ4v) is 3.92. The molecule has 1 fully saturated rings. The van der Waals surface area contributed by atoms with Gasteiger partial charge in [-0.05, 0) is 40.1 Å². The molecule has 1 atom stereocenters. The minimum Gasteiger partial charge on any atom is -0.493 e. The molecule has 0 amide bonds. The molecule has 2 aromatic rings. The van der Waals surface area contributed by atoms with Crippen molar-refractivity contribution < 1.29 is 14.2 Å². The molecule has 0 radical (unpaired) electrons. The summed E-state index contributed by atoms with van der Waals surface area (Å²) >= 11 is 1.72. The Hall–Kier alpha value is -1.76. The summed E-state index contributed by atoms with van der Waals surface area (Å²) in [6, 6.07) is 6.50. The first-order chi connectivity index (χ1) is 11.8. The molecule has 1 unspecified atom stereocenters. The zero-order chi connectivity index (χ0) is 16.9. The van der Waals surface area contributed by atoms with Gasteiger partial charge in [0.2, 0.25) is 5.75 Å². The van der Waals surface area contributed by atoms with E-state index < -0.39 is 0 Å². The van der Waals surface area contributed by atoms with Gasteiger partial charge in [0, 0.05) is 26.2 Å². The van der Waals surface area contributed by atoms with E-state index in [4.69, 9.17) is 14.2 Å². The molecule has 1 aliphatic rings. The molecule has 2 heterocycles. The van der Waals surface area contributed by atoms with Crippen molar-refractivity contribution in [3.63, 3.8) is 0 Å². The lowest BCUT2D eigenvalue weighted by atomic mass is 9.97. The van der Waals surface area contributed by atoms with Gasteiger partial charge in [0.1, 0.15) is 0 Å². The molecule has 3 rings (SSSR count). The molecule has 1 aliphatic heterocycles. The third kappa shape index (κ3) is 3.36. The first-order valence-electron chi connectivity index (χ1n) is 8.05. The summed E-state index contributed by atoms with van der Waals surface area (Å²) in [7, 11) is 4.95. The minimum atomic E-state index is 0.187. The molecular formula is C18H24N2O3S. The summed E-state index contributed by atoms with van der Waals surface area (Å²) < 4.78 is 16.5. The van der Waals surface area contributed by atoms with Crippen LogP contribution in [-0.4, -0.2) is 52.4 Å². The van der Waals surface area contributed by atoms with E-state index in [0.29, 0.717) is 17.2 Å². The number of nitrogens with one attached hydrogen (secondary N) is 1. The molecule has 0 saturated carbocycles. The Morgan fingerprint density at radius 2 is 1.67 bits per heavy atom. The van der Waals surface area contributed by atoms with Gasteiger partial charge in [-0.25, -0.2) is 0 Å². The van der Waals surface area contributed by atoms with Crippen LogP contribution < -0.4 is 19.5 Å². The van der Waals surface area contributed by atoms with Crippen molar-refractivity contribution in [2.45, 2.75) is 6.04 Å². The second-order valence-electron chi connectivity index (χ2n) is 5.70. The van der Waals surface area contributed by atoms with E-state index in [1.54, 1.807) is 32.7 Å². The van der Waals surface area contributed by atoms with Crippen molar-refractivity contribution in [2.75, 3.05) is 47.5 Å². The first-order valence-corrected chi connectivity index (χ1v) is 8.99. The van der Waals surface area contributed by atoms with Crippen LogP contribution in [0.4, 0.5) is 0 Å². The van der Waals surface area contributed by atoms with Gasteiger partial charge in [-0.2, -0.15) is 11.3 Å². The van der Waals surface area contributed by atoms with E-state index >= 15 is 0 Å². The van der Waals surface area contributed by atoms with Crippen LogP contribution >= 0.6 is 11.3 Å². The molecule has 6 heteroatoms. The van der Waals surface area contributed by atoms with Crippen LogP contribution in [-0.2, 0) is 0 Å². The van der Waals surface area contributed by atoms with Crippen molar-refractivity contribution >= 4 is 11.3 Å². The van der Waals surface area contributed by atoms with Crippen LogP contribution in [0.15, 0.2) is 29.0 Å². The summed E-state index contributed by atoms with van der Waals surface area (Å²) in [6.45, 7) is 4.03. The number of ether oxygens (including phenoxy) is 3. The summed E-state index contributed by atoms with van der Waals surface area (Å²) in [5.41, 5.74) is 2.46. The fourth-order valence-electron chi connectivity index (χ4n) is 3.24. The SMILES string of the molecule is COc1cc(C(c2ccsc2)N2CCNCC2)cc(OC)c1OC. The number of rotatable bonds is 6. The predicted molar refractivity (Wildman–Crippen MR) is 96.7 cm³/mol. The van der Waals surface area contributed by atoms with Gasteiger partial charge in [0.25, 0.3) is 0 Å². The van der Waals surface area contributed by atoms with E-state index in [1.807, 2.05) is 0 Å². The molecule has 0 bridgehead atoms. The van der Waals surface area contributed by atoms with Crippen LogP contribution in [0.5, 0.6) is 17.2 Å². The number of piperazine rings is 1. The molecule has 1 aromatic carbocycles. The van der Waals surface area contributed by atoms with E-state index in [1.165, 1.54) is 5.56 Å². The van der Waals surface area contributed by atoms with Crippen molar-refractivity contribution in [1.82, 2.24) is 10.2 Å². The molecule has 130 valence electrons. The van der Waals surface area contributed by atoms with Crippen LogP contribution in [0.1, 0.15) is 17.2 Å². The first kappa shape index (κ1) is 17.1. The summed E-state index contributed by atoms with van der Waals surface area (Å²) in [5, 5.41) is 7.77. The summed E-state index contributed by atoms with van der Waals surface area (Å²) in [5.74, 6) is 2.03. The normalized spacial score (nSPS) is 16.6. The molecule has 5 nitrogen and oxygen atoms in total. The van der Waals surface area contributed by atoms with Crippen LogP contribution in [0.3, 0.4) is 0 Å². The topological polar surface area (TPSA) is 43.0 Å². The van der Waals surface area contributed by atoms with Gasteiger partial charge in [-0.1, -0.05) is 0 Å². The highest BCUT2D eigenvalue weighted by atomic mass is 32.1. The Kier molecular flexibility index (Phi) is 5.60. The third-order valence-electron chi connectivity index (χ3n) is 4.38. The Morgan fingerprint density at radius 3 is 2.17 bits per heavy atom. The van der Waals surface area contributed by atoms with Crippen LogP contribution in [0.25, 0.3) is 0 Å². The van der Waals surface area contributed by atoms with Gasteiger partial charge in [0.15, 0.2) is 11.5 Å². The summed E-state index contributed by atoms with van der Waals surface area (Å²) in [4.78, 5) is 2.50. The molecular weight excluding hydrogens is 324 g/mol. The summed E-state index contributed by atoms with van der Waals surface area (Å²) in [6.07, 6.45) is 0. The Labute approximate surface area is 147 Å².